The van der Waals surface area contributed by atoms with Gasteiger partial charge in [0.2, 0.25) is 0 Å². The second kappa shape index (κ2) is 9.50. The zero-order valence-corrected chi connectivity index (χ0v) is 14.6. The molecule has 0 saturated heterocycles. The van der Waals surface area contributed by atoms with Gasteiger partial charge in [0, 0.05) is 35.9 Å². The van der Waals surface area contributed by atoms with E-state index in [1.165, 1.54) is 28.3 Å². The highest BCUT2D eigenvalue weighted by atomic mass is 32.1. The molecule has 1 heterocycles. The van der Waals surface area contributed by atoms with Gasteiger partial charge in [-0.05, 0) is 52.2 Å². The Hall–Kier alpha value is -0.420. The fourth-order valence-corrected chi connectivity index (χ4v) is 3.27. The molecule has 3 nitrogen and oxygen atoms in total. The van der Waals surface area contributed by atoms with Crippen LogP contribution in [0.5, 0.6) is 0 Å². The number of nitrogens with zero attached hydrogens (tertiary/aromatic N) is 2. The van der Waals surface area contributed by atoms with Crippen LogP contribution in [0.4, 0.5) is 0 Å². The molecule has 116 valence electrons. The van der Waals surface area contributed by atoms with Crippen molar-refractivity contribution in [1.29, 1.82) is 0 Å². The van der Waals surface area contributed by atoms with Crippen molar-refractivity contribution in [1.82, 2.24) is 15.1 Å². The van der Waals surface area contributed by atoms with Crippen molar-refractivity contribution in [2.45, 2.75) is 40.3 Å². The van der Waals surface area contributed by atoms with Crippen LogP contribution in [0.3, 0.4) is 0 Å². The standard InChI is InChI=1S/C16H31N3S/c1-6-8-19(10-9-18(4)5)13-15-11-16(12-17-7-2)20-14(15)3/h11,17H,6-10,12-13H2,1-5H3. The van der Waals surface area contributed by atoms with Crippen LogP contribution >= 0.6 is 11.3 Å². The van der Waals surface area contributed by atoms with E-state index in [0.717, 1.165) is 32.7 Å². The highest BCUT2D eigenvalue weighted by Gasteiger charge is 2.10. The minimum absolute atomic E-state index is 1.01. The number of hydrogen-bond donors (Lipinski definition) is 1. The minimum Gasteiger partial charge on any atom is -0.312 e. The van der Waals surface area contributed by atoms with Crippen LogP contribution in [0.2, 0.25) is 0 Å². The van der Waals surface area contributed by atoms with E-state index < -0.39 is 0 Å². The van der Waals surface area contributed by atoms with E-state index in [9.17, 15) is 0 Å². The Morgan fingerprint density at radius 3 is 2.50 bits per heavy atom. The molecule has 0 bridgehead atoms. The highest BCUT2D eigenvalue weighted by molar-refractivity contribution is 7.12. The third-order valence-electron chi connectivity index (χ3n) is 3.42. The maximum atomic E-state index is 3.41. The Labute approximate surface area is 129 Å². The molecule has 0 radical (unpaired) electrons. The Bertz CT molecular complexity index is 374. The first-order valence-corrected chi connectivity index (χ1v) is 8.54. The van der Waals surface area contributed by atoms with Crippen molar-refractivity contribution in [3.63, 3.8) is 0 Å². The summed E-state index contributed by atoms with van der Waals surface area (Å²) in [5.41, 5.74) is 1.51. The summed E-state index contributed by atoms with van der Waals surface area (Å²) in [7, 11) is 4.29. The molecule has 0 spiro atoms. The van der Waals surface area contributed by atoms with Crippen LogP contribution in [-0.2, 0) is 13.1 Å². The summed E-state index contributed by atoms with van der Waals surface area (Å²) in [6.07, 6.45) is 1.22. The van der Waals surface area contributed by atoms with E-state index in [1.807, 2.05) is 11.3 Å². The first kappa shape index (κ1) is 17.6. The number of thiophene rings is 1. The van der Waals surface area contributed by atoms with E-state index in [-0.39, 0.29) is 0 Å². The van der Waals surface area contributed by atoms with Crippen LogP contribution < -0.4 is 5.32 Å². The summed E-state index contributed by atoms with van der Waals surface area (Å²) in [5.74, 6) is 0. The SMILES string of the molecule is CCCN(CCN(C)C)Cc1cc(CNCC)sc1C. The Morgan fingerprint density at radius 1 is 1.15 bits per heavy atom. The first-order chi connectivity index (χ1) is 9.56. The molecule has 20 heavy (non-hydrogen) atoms. The number of hydrogen-bond acceptors (Lipinski definition) is 4. The van der Waals surface area contributed by atoms with E-state index in [2.05, 4.69) is 56.0 Å². The summed E-state index contributed by atoms with van der Waals surface area (Å²) < 4.78 is 0. The van der Waals surface area contributed by atoms with Gasteiger partial charge in [0.05, 0.1) is 0 Å². The molecular weight excluding hydrogens is 266 g/mol. The van der Waals surface area contributed by atoms with Crippen LogP contribution in [0.25, 0.3) is 0 Å². The number of likely N-dealkylation sites (N-methyl/N-ethyl adjacent to an activating group) is 1. The van der Waals surface area contributed by atoms with E-state index in [4.69, 9.17) is 0 Å². The normalized spacial score (nSPS) is 11.8. The number of aryl methyl sites for hydroxylation is 1. The second-order valence-corrected chi connectivity index (χ2v) is 6.99. The van der Waals surface area contributed by atoms with Crippen LogP contribution in [0, 0.1) is 6.92 Å². The molecule has 0 aliphatic heterocycles. The largest absolute Gasteiger partial charge is 0.312 e. The summed E-state index contributed by atoms with van der Waals surface area (Å²) in [6.45, 7) is 13.3. The number of rotatable bonds is 10. The molecule has 1 N–H and O–H groups in total. The molecule has 0 aromatic carbocycles. The lowest BCUT2D eigenvalue weighted by Gasteiger charge is -2.23. The fraction of sp³-hybridized carbons (Fsp3) is 0.750. The van der Waals surface area contributed by atoms with Crippen molar-refractivity contribution in [3.8, 4) is 0 Å². The zero-order chi connectivity index (χ0) is 15.0. The summed E-state index contributed by atoms with van der Waals surface area (Å²) >= 11 is 1.94. The molecule has 1 rings (SSSR count). The summed E-state index contributed by atoms with van der Waals surface area (Å²) in [5, 5.41) is 3.41. The molecule has 4 heteroatoms. The molecule has 0 aliphatic carbocycles. The Morgan fingerprint density at radius 2 is 1.90 bits per heavy atom. The van der Waals surface area contributed by atoms with Crippen molar-refractivity contribution in [3.05, 3.63) is 21.4 Å². The maximum Gasteiger partial charge on any atom is 0.0299 e. The molecule has 0 fully saturated rings. The van der Waals surface area contributed by atoms with Crippen LogP contribution in [-0.4, -0.2) is 50.1 Å². The van der Waals surface area contributed by atoms with Gasteiger partial charge in [-0.1, -0.05) is 13.8 Å². The van der Waals surface area contributed by atoms with Gasteiger partial charge in [-0.3, -0.25) is 4.90 Å². The molecular formula is C16H31N3S. The average Bonchev–Trinajstić information content (AvgIpc) is 2.74. The Kier molecular flexibility index (Phi) is 8.38. The highest BCUT2D eigenvalue weighted by Crippen LogP contribution is 2.23. The van der Waals surface area contributed by atoms with Crippen LogP contribution in [0.1, 0.15) is 35.6 Å². The van der Waals surface area contributed by atoms with Gasteiger partial charge in [0.25, 0.3) is 0 Å². The molecule has 0 aliphatic rings. The van der Waals surface area contributed by atoms with Gasteiger partial charge >= 0.3 is 0 Å². The molecule has 0 unspecified atom stereocenters. The van der Waals surface area contributed by atoms with Crippen molar-refractivity contribution in [2.24, 2.45) is 0 Å². The third-order valence-corrected chi connectivity index (χ3v) is 4.51. The quantitative estimate of drug-likeness (QED) is 0.716. The lowest BCUT2D eigenvalue weighted by Crippen LogP contribution is -2.32. The molecule has 0 saturated carbocycles. The Balaban J connectivity index is 2.60. The summed E-state index contributed by atoms with van der Waals surface area (Å²) in [4.78, 5) is 7.78. The van der Waals surface area contributed by atoms with Crippen LogP contribution in [0.15, 0.2) is 6.07 Å². The van der Waals surface area contributed by atoms with E-state index in [1.54, 1.807) is 0 Å². The molecule has 0 amide bonds. The monoisotopic (exact) mass is 297 g/mol. The van der Waals surface area contributed by atoms with Gasteiger partial charge in [-0.2, -0.15) is 0 Å². The van der Waals surface area contributed by atoms with Crippen molar-refractivity contribution in [2.75, 3.05) is 40.3 Å². The van der Waals surface area contributed by atoms with Gasteiger partial charge < -0.3 is 10.2 Å². The van der Waals surface area contributed by atoms with E-state index >= 15 is 0 Å². The van der Waals surface area contributed by atoms with E-state index in [0.29, 0.717) is 0 Å². The van der Waals surface area contributed by atoms with Crippen molar-refractivity contribution >= 4 is 11.3 Å². The minimum atomic E-state index is 1.01. The average molecular weight is 298 g/mol. The lowest BCUT2D eigenvalue weighted by atomic mass is 10.2. The predicted octanol–water partition coefficient (Wildman–Crippen LogP) is 2.94. The lowest BCUT2D eigenvalue weighted by molar-refractivity contribution is 0.234. The molecule has 1 aromatic rings. The molecule has 0 atom stereocenters. The summed E-state index contributed by atoms with van der Waals surface area (Å²) in [6, 6.07) is 2.39. The predicted molar refractivity (Wildman–Crippen MR) is 90.6 cm³/mol. The van der Waals surface area contributed by atoms with Crippen molar-refractivity contribution < 1.29 is 0 Å². The van der Waals surface area contributed by atoms with Gasteiger partial charge in [0.15, 0.2) is 0 Å². The number of nitrogens with one attached hydrogen (secondary N) is 1. The van der Waals surface area contributed by atoms with Gasteiger partial charge in [-0.25, -0.2) is 0 Å². The zero-order valence-electron chi connectivity index (χ0n) is 13.8. The molecule has 1 aromatic heterocycles. The fourth-order valence-electron chi connectivity index (χ4n) is 2.25. The van der Waals surface area contributed by atoms with Gasteiger partial charge in [0.1, 0.15) is 0 Å². The first-order valence-electron chi connectivity index (χ1n) is 7.72. The maximum absolute atomic E-state index is 3.41. The second-order valence-electron chi connectivity index (χ2n) is 5.65. The topological polar surface area (TPSA) is 18.5 Å². The third kappa shape index (κ3) is 6.35. The van der Waals surface area contributed by atoms with Gasteiger partial charge in [-0.15, -0.1) is 11.3 Å². The smallest absolute Gasteiger partial charge is 0.0299 e.